The zero-order valence-corrected chi connectivity index (χ0v) is 10.5. The number of nitrogens with zero attached hydrogens (tertiary/aromatic N) is 2. The van der Waals surface area contributed by atoms with E-state index in [2.05, 4.69) is 9.97 Å². The molecule has 18 heavy (non-hydrogen) atoms. The number of nitrogens with one attached hydrogen (secondary N) is 1. The molecule has 0 saturated heterocycles. The largest absolute Gasteiger partial charge is 0.329 e. The molecule has 0 unspecified atom stereocenters. The van der Waals surface area contributed by atoms with E-state index in [1.54, 1.807) is 37.4 Å². The van der Waals surface area contributed by atoms with Crippen LogP contribution in [0.1, 0.15) is 12.7 Å². The first-order valence-corrected chi connectivity index (χ1v) is 7.00. The lowest BCUT2D eigenvalue weighted by Crippen LogP contribution is -2.03. The van der Waals surface area contributed by atoms with Crippen LogP contribution < -0.4 is 0 Å². The summed E-state index contributed by atoms with van der Waals surface area (Å²) in [5.41, 5.74) is 1.48. The predicted octanol–water partition coefficient (Wildman–Crippen LogP) is 1.74. The summed E-state index contributed by atoms with van der Waals surface area (Å²) in [4.78, 5) is 6.99. The topological polar surface area (TPSA) is 86.6 Å². The van der Waals surface area contributed by atoms with Gasteiger partial charge < -0.3 is 4.98 Å². The average molecular weight is 261 g/mol. The van der Waals surface area contributed by atoms with E-state index in [-0.39, 0.29) is 11.6 Å². The fourth-order valence-electron chi connectivity index (χ4n) is 1.53. The van der Waals surface area contributed by atoms with Gasteiger partial charge in [0.05, 0.1) is 22.5 Å². The summed E-state index contributed by atoms with van der Waals surface area (Å²) >= 11 is 0. The molecule has 92 valence electrons. The molecule has 0 aliphatic carbocycles. The second kappa shape index (κ2) is 4.63. The summed E-state index contributed by atoms with van der Waals surface area (Å²) in [7, 11) is -3.17. The van der Waals surface area contributed by atoms with Crippen LogP contribution in [0.2, 0.25) is 0 Å². The number of hydrogen-bond donors (Lipinski definition) is 1. The van der Waals surface area contributed by atoms with Gasteiger partial charge in [-0.1, -0.05) is 19.1 Å². The molecule has 1 heterocycles. The quantitative estimate of drug-likeness (QED) is 0.911. The highest BCUT2D eigenvalue weighted by Crippen LogP contribution is 2.20. The Balaban J connectivity index is 2.37. The first-order valence-electron chi connectivity index (χ1n) is 5.35. The summed E-state index contributed by atoms with van der Waals surface area (Å²) in [6.07, 6.45) is 1.54. The third-order valence-electron chi connectivity index (χ3n) is 2.59. The number of benzene rings is 1. The fourth-order valence-corrected chi connectivity index (χ4v) is 2.42. The van der Waals surface area contributed by atoms with E-state index in [1.165, 1.54) is 0 Å². The maximum Gasteiger partial charge on any atom is 0.210 e. The van der Waals surface area contributed by atoms with E-state index in [9.17, 15) is 8.42 Å². The van der Waals surface area contributed by atoms with Gasteiger partial charge in [-0.25, -0.2) is 13.4 Å². The monoisotopic (exact) mass is 261 g/mol. The van der Waals surface area contributed by atoms with Gasteiger partial charge >= 0.3 is 0 Å². The Morgan fingerprint density at radius 2 is 2.00 bits per heavy atom. The molecule has 0 bridgehead atoms. The van der Waals surface area contributed by atoms with Gasteiger partial charge in [-0.2, -0.15) is 5.26 Å². The lowest BCUT2D eigenvalue weighted by molar-refractivity contribution is 0.597. The number of sulfone groups is 1. The number of aromatic amines is 1. The molecule has 0 aliphatic heterocycles. The molecule has 0 atom stereocenters. The maximum absolute atomic E-state index is 11.6. The zero-order valence-electron chi connectivity index (χ0n) is 9.71. The van der Waals surface area contributed by atoms with Gasteiger partial charge in [-0.15, -0.1) is 0 Å². The molecule has 0 spiro atoms. The molecule has 0 aliphatic rings. The van der Waals surface area contributed by atoms with Crippen molar-refractivity contribution in [2.24, 2.45) is 0 Å². The Bertz CT molecular complexity index is 694. The maximum atomic E-state index is 11.6. The van der Waals surface area contributed by atoms with Crippen LogP contribution in [0.15, 0.2) is 35.4 Å². The lowest BCUT2D eigenvalue weighted by atomic mass is 10.2. The van der Waals surface area contributed by atoms with Crippen molar-refractivity contribution >= 4 is 9.84 Å². The molecule has 0 amide bonds. The third kappa shape index (κ3) is 2.26. The minimum atomic E-state index is -3.17. The van der Waals surface area contributed by atoms with E-state index in [1.807, 2.05) is 6.07 Å². The molecule has 5 nitrogen and oxygen atoms in total. The highest BCUT2D eigenvalue weighted by atomic mass is 32.2. The van der Waals surface area contributed by atoms with E-state index < -0.39 is 9.84 Å². The summed E-state index contributed by atoms with van der Waals surface area (Å²) in [6, 6.07) is 8.40. The normalized spacial score (nSPS) is 11.1. The molecule has 2 aromatic rings. The van der Waals surface area contributed by atoms with Crippen molar-refractivity contribution in [2.45, 2.75) is 11.8 Å². The molecule has 0 saturated carbocycles. The van der Waals surface area contributed by atoms with Crippen molar-refractivity contribution in [1.29, 1.82) is 5.26 Å². The van der Waals surface area contributed by atoms with Crippen LogP contribution in [0.25, 0.3) is 11.3 Å². The van der Waals surface area contributed by atoms with E-state index in [0.29, 0.717) is 10.6 Å². The van der Waals surface area contributed by atoms with Crippen LogP contribution in [-0.2, 0) is 9.84 Å². The van der Waals surface area contributed by atoms with Crippen LogP contribution in [0.4, 0.5) is 0 Å². The van der Waals surface area contributed by atoms with Gasteiger partial charge in [0.2, 0.25) is 5.82 Å². The SMILES string of the molecule is CCS(=O)(=O)c1ccc(-c2cnc(C#N)[nH]2)cc1. The van der Waals surface area contributed by atoms with Gasteiger partial charge in [0, 0.05) is 0 Å². The molecule has 1 aromatic heterocycles. The number of hydrogen-bond acceptors (Lipinski definition) is 4. The van der Waals surface area contributed by atoms with Crippen LogP contribution in [-0.4, -0.2) is 24.1 Å². The summed E-state index contributed by atoms with van der Waals surface area (Å²) in [5.74, 6) is 0.310. The molecule has 0 fully saturated rings. The second-order valence-corrected chi connectivity index (χ2v) is 5.96. The highest BCUT2D eigenvalue weighted by Gasteiger charge is 2.11. The van der Waals surface area contributed by atoms with Gasteiger partial charge in [0.1, 0.15) is 6.07 Å². The number of H-pyrrole nitrogens is 1. The molecular formula is C12H11N3O2S. The molecule has 1 aromatic carbocycles. The minimum Gasteiger partial charge on any atom is -0.329 e. The zero-order chi connectivity index (χ0) is 13.2. The van der Waals surface area contributed by atoms with E-state index in [4.69, 9.17) is 5.26 Å². The molecule has 6 heteroatoms. The molecule has 2 rings (SSSR count). The smallest absolute Gasteiger partial charge is 0.210 e. The van der Waals surface area contributed by atoms with Gasteiger partial charge in [-0.05, 0) is 17.7 Å². The number of nitriles is 1. The first kappa shape index (κ1) is 12.3. The second-order valence-electron chi connectivity index (χ2n) is 3.69. The van der Waals surface area contributed by atoms with Gasteiger partial charge in [0.15, 0.2) is 9.84 Å². The highest BCUT2D eigenvalue weighted by molar-refractivity contribution is 7.91. The molecular weight excluding hydrogens is 250 g/mol. The van der Waals surface area contributed by atoms with Crippen molar-refractivity contribution in [3.63, 3.8) is 0 Å². The average Bonchev–Trinajstić information content (AvgIpc) is 2.87. The van der Waals surface area contributed by atoms with Gasteiger partial charge in [-0.3, -0.25) is 0 Å². The number of imidazole rings is 1. The standard InChI is InChI=1S/C12H11N3O2S/c1-2-18(16,17)10-5-3-9(4-6-10)11-8-14-12(7-13)15-11/h3-6,8H,2H2,1H3,(H,14,15). The summed E-state index contributed by atoms with van der Waals surface area (Å²) < 4.78 is 23.3. The third-order valence-corrected chi connectivity index (χ3v) is 4.34. The Morgan fingerprint density at radius 3 is 2.50 bits per heavy atom. The van der Waals surface area contributed by atoms with Crippen molar-refractivity contribution < 1.29 is 8.42 Å². The Morgan fingerprint density at radius 1 is 1.33 bits per heavy atom. The van der Waals surface area contributed by atoms with Crippen LogP contribution in [0, 0.1) is 11.3 Å². The van der Waals surface area contributed by atoms with Crippen LogP contribution >= 0.6 is 0 Å². The van der Waals surface area contributed by atoms with E-state index >= 15 is 0 Å². The summed E-state index contributed by atoms with van der Waals surface area (Å²) in [6.45, 7) is 1.61. The van der Waals surface area contributed by atoms with Crippen LogP contribution in [0.3, 0.4) is 0 Å². The molecule has 1 N–H and O–H groups in total. The lowest BCUT2D eigenvalue weighted by Gasteiger charge is -2.02. The Hall–Kier alpha value is -2.13. The van der Waals surface area contributed by atoms with E-state index in [0.717, 1.165) is 5.56 Å². The van der Waals surface area contributed by atoms with Gasteiger partial charge in [0.25, 0.3) is 0 Å². The Labute approximate surface area is 105 Å². The molecule has 0 radical (unpaired) electrons. The minimum absolute atomic E-state index is 0.0784. The van der Waals surface area contributed by atoms with Crippen molar-refractivity contribution in [1.82, 2.24) is 9.97 Å². The number of rotatable bonds is 3. The van der Waals surface area contributed by atoms with Crippen molar-refractivity contribution in [3.8, 4) is 17.3 Å². The van der Waals surface area contributed by atoms with Crippen molar-refractivity contribution in [3.05, 3.63) is 36.3 Å². The fraction of sp³-hybridized carbons (Fsp3) is 0.167. The first-order chi connectivity index (χ1) is 8.56. The number of aromatic nitrogens is 2. The van der Waals surface area contributed by atoms with Crippen LogP contribution in [0.5, 0.6) is 0 Å². The van der Waals surface area contributed by atoms with Crippen molar-refractivity contribution in [2.75, 3.05) is 5.75 Å². The predicted molar refractivity (Wildman–Crippen MR) is 66.5 cm³/mol. The Kier molecular flexibility index (Phi) is 3.17. The summed E-state index contributed by atoms with van der Waals surface area (Å²) in [5, 5.41) is 8.66.